The van der Waals surface area contributed by atoms with Crippen LogP contribution in [0.3, 0.4) is 0 Å². The lowest BCUT2D eigenvalue weighted by Crippen LogP contribution is -2.59. The Labute approximate surface area is 259 Å². The SMILES string of the molecule is CCC(CC(C)C1CCCC1)c1ccc(CNC(=O)C(O)C(O)C(COCC2OC(CO)C(O)C(O)C2O)C(O)CO)cc1. The Morgan fingerprint density at radius 2 is 1.64 bits per heavy atom. The summed E-state index contributed by atoms with van der Waals surface area (Å²) in [4.78, 5) is 12.7. The first-order valence-electron chi connectivity index (χ1n) is 15.9. The topological polar surface area (TPSA) is 209 Å². The van der Waals surface area contributed by atoms with E-state index in [-0.39, 0.29) is 13.2 Å². The van der Waals surface area contributed by atoms with E-state index in [1.54, 1.807) is 0 Å². The van der Waals surface area contributed by atoms with Gasteiger partial charge < -0.3 is 55.6 Å². The van der Waals surface area contributed by atoms with Crippen molar-refractivity contribution >= 4 is 5.91 Å². The summed E-state index contributed by atoms with van der Waals surface area (Å²) < 4.78 is 10.8. The molecule has 1 amide bonds. The summed E-state index contributed by atoms with van der Waals surface area (Å²) in [6.45, 7) is 2.44. The first-order chi connectivity index (χ1) is 21.0. The Morgan fingerprint density at radius 1 is 1.00 bits per heavy atom. The van der Waals surface area contributed by atoms with Gasteiger partial charge in [-0.2, -0.15) is 0 Å². The molecule has 12 nitrogen and oxygen atoms in total. The number of rotatable bonds is 17. The second-order valence-corrected chi connectivity index (χ2v) is 12.6. The third-order valence-corrected chi connectivity index (χ3v) is 9.57. The molecular formula is C32H53NO11. The average molecular weight is 628 g/mol. The molecule has 1 saturated carbocycles. The fourth-order valence-corrected chi connectivity index (χ4v) is 6.51. The van der Waals surface area contributed by atoms with Gasteiger partial charge in [-0.15, -0.1) is 0 Å². The molecule has 9 N–H and O–H groups in total. The van der Waals surface area contributed by atoms with Crippen molar-refractivity contribution in [1.82, 2.24) is 5.32 Å². The highest BCUT2D eigenvalue weighted by atomic mass is 16.6. The van der Waals surface area contributed by atoms with Crippen LogP contribution < -0.4 is 5.32 Å². The van der Waals surface area contributed by atoms with Crippen molar-refractivity contribution in [3.05, 3.63) is 35.4 Å². The normalized spacial score (nSPS) is 28.6. The number of aliphatic hydroxyl groups excluding tert-OH is 8. The molecule has 12 heteroatoms. The van der Waals surface area contributed by atoms with Crippen LogP contribution in [-0.4, -0.2) is 122 Å². The number of nitrogens with one attached hydrogen (secondary N) is 1. The van der Waals surface area contributed by atoms with Crippen molar-refractivity contribution in [1.29, 1.82) is 0 Å². The standard InChI is InChI=1S/C32H53NO11/c1-3-20(12-18(2)21-6-4-5-7-21)22-10-8-19(9-11-22)13-33-32(42)31(41)27(37)23(24(36)14-34)16-43-17-26-29(39)30(40)28(38)25(15-35)44-26/h8-11,18,20-21,23-31,34-41H,3-7,12-17H2,1-2H3,(H,33,42). The Morgan fingerprint density at radius 3 is 2.23 bits per heavy atom. The molecule has 0 spiro atoms. The van der Waals surface area contributed by atoms with Gasteiger partial charge in [-0.3, -0.25) is 4.79 Å². The van der Waals surface area contributed by atoms with Gasteiger partial charge in [0.25, 0.3) is 5.91 Å². The highest BCUT2D eigenvalue weighted by molar-refractivity contribution is 5.81. The van der Waals surface area contributed by atoms with Gasteiger partial charge in [0.1, 0.15) is 30.5 Å². The van der Waals surface area contributed by atoms with Crippen molar-refractivity contribution in [3.63, 3.8) is 0 Å². The number of carbonyl (C=O) groups excluding carboxylic acids is 1. The van der Waals surface area contributed by atoms with Crippen LogP contribution in [0.25, 0.3) is 0 Å². The lowest BCUT2D eigenvalue weighted by molar-refractivity contribution is -0.240. The average Bonchev–Trinajstić information content (AvgIpc) is 3.59. The Hall–Kier alpha value is -1.71. The third-order valence-electron chi connectivity index (χ3n) is 9.57. The minimum atomic E-state index is -1.95. The zero-order chi connectivity index (χ0) is 32.4. The number of carbonyl (C=O) groups is 1. The minimum Gasteiger partial charge on any atom is -0.394 e. The molecule has 11 unspecified atom stereocenters. The Bertz CT molecular complexity index is 973. The molecule has 44 heavy (non-hydrogen) atoms. The maximum atomic E-state index is 12.7. The highest BCUT2D eigenvalue weighted by Crippen LogP contribution is 2.37. The molecule has 1 aliphatic carbocycles. The summed E-state index contributed by atoms with van der Waals surface area (Å²) in [7, 11) is 0. The van der Waals surface area contributed by atoms with E-state index in [2.05, 4.69) is 31.3 Å². The number of hydrogen-bond donors (Lipinski definition) is 9. The van der Waals surface area contributed by atoms with E-state index in [4.69, 9.17) is 9.47 Å². The number of aliphatic hydroxyl groups is 8. The summed E-state index contributed by atoms with van der Waals surface area (Å²) in [6, 6.07) is 8.02. The number of hydrogen-bond acceptors (Lipinski definition) is 11. The Kier molecular flexibility index (Phi) is 14.9. The smallest absolute Gasteiger partial charge is 0.251 e. The lowest BCUT2D eigenvalue weighted by atomic mass is 9.81. The van der Waals surface area contributed by atoms with Crippen LogP contribution in [0.1, 0.15) is 69.4 Å². The highest BCUT2D eigenvalue weighted by Gasteiger charge is 2.44. The second kappa shape index (κ2) is 17.8. The van der Waals surface area contributed by atoms with Gasteiger partial charge in [0.05, 0.1) is 38.6 Å². The van der Waals surface area contributed by atoms with Gasteiger partial charge in [-0.05, 0) is 41.7 Å². The van der Waals surface area contributed by atoms with Crippen LogP contribution >= 0.6 is 0 Å². The van der Waals surface area contributed by atoms with E-state index in [0.717, 1.165) is 24.3 Å². The number of amides is 1. The molecule has 11 atom stereocenters. The molecule has 1 saturated heterocycles. The van der Waals surface area contributed by atoms with Gasteiger partial charge in [0, 0.05) is 12.5 Å². The maximum Gasteiger partial charge on any atom is 0.251 e. The van der Waals surface area contributed by atoms with Gasteiger partial charge in [0.2, 0.25) is 0 Å². The van der Waals surface area contributed by atoms with Crippen LogP contribution in [0, 0.1) is 17.8 Å². The van der Waals surface area contributed by atoms with Crippen LogP contribution in [0.5, 0.6) is 0 Å². The second-order valence-electron chi connectivity index (χ2n) is 12.6. The van der Waals surface area contributed by atoms with Crippen LogP contribution in [0.15, 0.2) is 24.3 Å². The molecule has 0 aromatic heterocycles. The predicted octanol–water partition coefficient (Wildman–Crippen LogP) is -0.437. The quantitative estimate of drug-likeness (QED) is 0.108. The molecule has 0 bridgehead atoms. The van der Waals surface area contributed by atoms with Gasteiger partial charge >= 0.3 is 0 Å². The molecule has 1 aromatic carbocycles. The minimum absolute atomic E-state index is 0.110. The van der Waals surface area contributed by atoms with Crippen molar-refractivity contribution in [2.45, 2.75) is 114 Å². The van der Waals surface area contributed by atoms with Gasteiger partial charge in [-0.1, -0.05) is 63.8 Å². The molecule has 1 aliphatic heterocycles. The summed E-state index contributed by atoms with van der Waals surface area (Å²) in [5.74, 6) is -0.220. The van der Waals surface area contributed by atoms with E-state index in [1.807, 2.05) is 12.1 Å². The monoisotopic (exact) mass is 627 g/mol. The van der Waals surface area contributed by atoms with E-state index < -0.39 is 80.5 Å². The fourth-order valence-electron chi connectivity index (χ4n) is 6.51. The van der Waals surface area contributed by atoms with E-state index in [1.165, 1.54) is 31.2 Å². The van der Waals surface area contributed by atoms with Crippen LogP contribution in [0.2, 0.25) is 0 Å². The molecule has 0 radical (unpaired) electrons. The maximum absolute atomic E-state index is 12.7. The summed E-state index contributed by atoms with van der Waals surface area (Å²) >= 11 is 0. The first kappa shape index (κ1) is 36.8. The van der Waals surface area contributed by atoms with Crippen LogP contribution in [0.4, 0.5) is 0 Å². The lowest BCUT2D eigenvalue weighted by Gasteiger charge is -2.40. The molecule has 2 fully saturated rings. The van der Waals surface area contributed by atoms with Crippen molar-refractivity contribution < 1.29 is 55.1 Å². The molecule has 1 aromatic rings. The van der Waals surface area contributed by atoms with E-state index in [9.17, 15) is 45.6 Å². The predicted molar refractivity (Wildman–Crippen MR) is 160 cm³/mol. The molecule has 252 valence electrons. The van der Waals surface area contributed by atoms with Gasteiger partial charge in [-0.25, -0.2) is 0 Å². The van der Waals surface area contributed by atoms with Crippen molar-refractivity contribution in [2.24, 2.45) is 17.8 Å². The van der Waals surface area contributed by atoms with Crippen molar-refractivity contribution in [3.8, 4) is 0 Å². The van der Waals surface area contributed by atoms with E-state index >= 15 is 0 Å². The van der Waals surface area contributed by atoms with Crippen LogP contribution in [-0.2, 0) is 20.8 Å². The molecule has 1 heterocycles. The number of benzene rings is 1. The summed E-state index contributed by atoms with van der Waals surface area (Å²) in [5.41, 5.74) is 2.07. The van der Waals surface area contributed by atoms with E-state index in [0.29, 0.717) is 11.8 Å². The fraction of sp³-hybridized carbons (Fsp3) is 0.781. The summed E-state index contributed by atoms with van der Waals surface area (Å²) in [5, 5.41) is 83.0. The molecular weight excluding hydrogens is 574 g/mol. The summed E-state index contributed by atoms with van der Waals surface area (Å²) in [6.07, 6.45) is -4.78. The largest absolute Gasteiger partial charge is 0.394 e. The molecule has 3 rings (SSSR count). The zero-order valence-corrected chi connectivity index (χ0v) is 25.8. The zero-order valence-electron chi connectivity index (χ0n) is 25.8. The Balaban J connectivity index is 1.51. The van der Waals surface area contributed by atoms with Gasteiger partial charge in [0.15, 0.2) is 6.10 Å². The third kappa shape index (κ3) is 9.65. The molecule has 2 aliphatic rings. The first-order valence-corrected chi connectivity index (χ1v) is 15.9. The van der Waals surface area contributed by atoms with Crippen molar-refractivity contribution in [2.75, 3.05) is 26.4 Å². The number of ether oxygens (including phenoxy) is 2.